The van der Waals surface area contributed by atoms with Gasteiger partial charge in [0.2, 0.25) is 0 Å². The molecule has 1 aromatic rings. The van der Waals surface area contributed by atoms with Crippen LogP contribution >= 0.6 is 0 Å². The Bertz CT molecular complexity index is 689. The van der Waals surface area contributed by atoms with Crippen LogP contribution in [0.1, 0.15) is 43.9 Å². The van der Waals surface area contributed by atoms with E-state index in [4.69, 9.17) is 9.47 Å². The van der Waals surface area contributed by atoms with Gasteiger partial charge in [-0.15, -0.1) is 0 Å². The summed E-state index contributed by atoms with van der Waals surface area (Å²) in [4.78, 5) is 22.8. The van der Waals surface area contributed by atoms with E-state index in [0.29, 0.717) is 18.6 Å². The normalized spacial score (nSPS) is 31.2. The summed E-state index contributed by atoms with van der Waals surface area (Å²) in [6, 6.07) is 4.80. The summed E-state index contributed by atoms with van der Waals surface area (Å²) in [5, 5.41) is 0. The summed E-state index contributed by atoms with van der Waals surface area (Å²) in [5.41, 5.74) is 1.90. The number of pyridine rings is 1. The van der Waals surface area contributed by atoms with Crippen LogP contribution in [0.5, 0.6) is 0 Å². The standard InChI is InChI=1S/C23H35N3O3/c1-3-29-22(27)23-8-6-21(26-10-12-28-13-11-26)14-19(23)7-9-25(17-23)16-20-5-4-18(2)15-24-20/h4-5,15,19,21H,3,6-14,16-17H2,1-2H3/t19-,21-,23-/m1/s1. The van der Waals surface area contributed by atoms with E-state index in [1.807, 2.05) is 13.1 Å². The average Bonchev–Trinajstić information content (AvgIpc) is 2.75. The van der Waals surface area contributed by atoms with Crippen molar-refractivity contribution in [3.05, 3.63) is 29.6 Å². The summed E-state index contributed by atoms with van der Waals surface area (Å²) in [5.74, 6) is 0.428. The van der Waals surface area contributed by atoms with Crippen LogP contribution in [0.15, 0.2) is 18.3 Å². The largest absolute Gasteiger partial charge is 0.466 e. The molecule has 6 nitrogen and oxygen atoms in total. The van der Waals surface area contributed by atoms with Crippen molar-refractivity contribution in [2.75, 3.05) is 46.0 Å². The lowest BCUT2D eigenvalue weighted by Gasteiger charge is -2.52. The van der Waals surface area contributed by atoms with Gasteiger partial charge >= 0.3 is 5.97 Å². The lowest BCUT2D eigenvalue weighted by molar-refractivity contribution is -0.170. The van der Waals surface area contributed by atoms with E-state index in [1.165, 1.54) is 5.56 Å². The van der Waals surface area contributed by atoms with E-state index in [0.717, 1.165) is 77.3 Å². The van der Waals surface area contributed by atoms with Gasteiger partial charge in [0, 0.05) is 38.4 Å². The molecule has 2 aliphatic heterocycles. The third-order valence-electron chi connectivity index (χ3n) is 7.16. The molecule has 0 bridgehead atoms. The van der Waals surface area contributed by atoms with E-state index >= 15 is 0 Å². The molecule has 4 rings (SSSR count). The predicted molar refractivity (Wildman–Crippen MR) is 111 cm³/mol. The Kier molecular flexibility index (Phi) is 6.52. The Morgan fingerprint density at radius 3 is 2.83 bits per heavy atom. The van der Waals surface area contributed by atoms with Gasteiger partial charge in [-0.25, -0.2) is 0 Å². The molecule has 0 amide bonds. The Morgan fingerprint density at radius 2 is 2.10 bits per heavy atom. The van der Waals surface area contributed by atoms with Crippen molar-refractivity contribution in [1.82, 2.24) is 14.8 Å². The molecule has 29 heavy (non-hydrogen) atoms. The maximum Gasteiger partial charge on any atom is 0.313 e. The van der Waals surface area contributed by atoms with Crippen LogP contribution in [-0.4, -0.2) is 72.8 Å². The molecule has 160 valence electrons. The highest BCUT2D eigenvalue weighted by Gasteiger charge is 2.53. The minimum absolute atomic E-state index is 0.0204. The van der Waals surface area contributed by atoms with Crippen LogP contribution in [0.2, 0.25) is 0 Å². The molecule has 2 saturated heterocycles. The third-order valence-corrected chi connectivity index (χ3v) is 7.16. The number of likely N-dealkylation sites (tertiary alicyclic amines) is 1. The van der Waals surface area contributed by atoms with E-state index in [1.54, 1.807) is 0 Å². The van der Waals surface area contributed by atoms with Gasteiger partial charge in [0.1, 0.15) is 0 Å². The minimum atomic E-state index is -0.359. The number of rotatable bonds is 5. The highest BCUT2D eigenvalue weighted by molar-refractivity contribution is 5.78. The number of piperidine rings is 1. The number of nitrogens with zero attached hydrogens (tertiary/aromatic N) is 3. The van der Waals surface area contributed by atoms with Crippen molar-refractivity contribution in [2.24, 2.45) is 11.3 Å². The number of esters is 1. The molecule has 6 heteroatoms. The van der Waals surface area contributed by atoms with Gasteiger partial charge in [0.05, 0.1) is 30.9 Å². The second-order valence-corrected chi connectivity index (χ2v) is 8.98. The van der Waals surface area contributed by atoms with E-state index < -0.39 is 0 Å². The van der Waals surface area contributed by atoms with Crippen LogP contribution in [0.25, 0.3) is 0 Å². The summed E-state index contributed by atoms with van der Waals surface area (Å²) in [7, 11) is 0. The number of hydrogen-bond acceptors (Lipinski definition) is 6. The van der Waals surface area contributed by atoms with Gasteiger partial charge in [0.15, 0.2) is 0 Å². The Labute approximate surface area is 174 Å². The highest BCUT2D eigenvalue weighted by Crippen LogP contribution is 2.48. The summed E-state index contributed by atoms with van der Waals surface area (Å²) < 4.78 is 11.2. The number of morpholine rings is 1. The van der Waals surface area contributed by atoms with Gasteiger partial charge in [-0.1, -0.05) is 6.07 Å². The number of aryl methyl sites for hydroxylation is 1. The third kappa shape index (κ3) is 4.49. The van der Waals surface area contributed by atoms with Gasteiger partial charge in [0.25, 0.3) is 0 Å². The van der Waals surface area contributed by atoms with Crippen LogP contribution in [0.4, 0.5) is 0 Å². The number of carbonyl (C=O) groups is 1. The molecule has 3 fully saturated rings. The first-order valence-electron chi connectivity index (χ1n) is 11.2. The number of ether oxygens (including phenoxy) is 2. The zero-order valence-corrected chi connectivity index (χ0v) is 17.9. The van der Waals surface area contributed by atoms with Crippen molar-refractivity contribution in [1.29, 1.82) is 0 Å². The molecular formula is C23H35N3O3. The van der Waals surface area contributed by atoms with Crippen molar-refractivity contribution in [2.45, 2.75) is 52.1 Å². The fraction of sp³-hybridized carbons (Fsp3) is 0.739. The Balaban J connectivity index is 1.48. The lowest BCUT2D eigenvalue weighted by Crippen LogP contribution is -2.58. The summed E-state index contributed by atoms with van der Waals surface area (Å²) >= 11 is 0. The van der Waals surface area contributed by atoms with Crippen LogP contribution < -0.4 is 0 Å². The summed E-state index contributed by atoms with van der Waals surface area (Å²) in [6.45, 7) is 10.8. The Morgan fingerprint density at radius 1 is 1.28 bits per heavy atom. The van der Waals surface area contributed by atoms with Crippen molar-refractivity contribution in [3.8, 4) is 0 Å². The number of aromatic nitrogens is 1. The quantitative estimate of drug-likeness (QED) is 0.707. The van der Waals surface area contributed by atoms with Crippen LogP contribution in [0.3, 0.4) is 0 Å². The van der Waals surface area contributed by atoms with Gasteiger partial charge in [-0.05, 0) is 63.6 Å². The number of fused-ring (bicyclic) bond motifs is 1. The minimum Gasteiger partial charge on any atom is -0.466 e. The number of carbonyl (C=O) groups excluding carboxylic acids is 1. The first-order valence-corrected chi connectivity index (χ1v) is 11.2. The molecule has 1 aliphatic carbocycles. The van der Waals surface area contributed by atoms with Crippen molar-refractivity contribution in [3.63, 3.8) is 0 Å². The fourth-order valence-electron chi connectivity index (χ4n) is 5.56. The van der Waals surface area contributed by atoms with Crippen LogP contribution in [-0.2, 0) is 20.8 Å². The molecule has 3 atom stereocenters. The van der Waals surface area contributed by atoms with Crippen molar-refractivity contribution >= 4 is 5.97 Å². The predicted octanol–water partition coefficient (Wildman–Crippen LogP) is 2.65. The van der Waals surface area contributed by atoms with Gasteiger partial charge in [-0.2, -0.15) is 0 Å². The molecule has 1 saturated carbocycles. The molecule has 0 N–H and O–H groups in total. The van der Waals surface area contributed by atoms with Gasteiger partial charge < -0.3 is 9.47 Å². The Hall–Kier alpha value is -1.50. The highest BCUT2D eigenvalue weighted by atomic mass is 16.5. The second-order valence-electron chi connectivity index (χ2n) is 8.98. The first kappa shape index (κ1) is 20.8. The molecule has 3 heterocycles. The molecule has 0 spiro atoms. The second kappa shape index (κ2) is 9.11. The van der Waals surface area contributed by atoms with Crippen molar-refractivity contribution < 1.29 is 14.3 Å². The monoisotopic (exact) mass is 401 g/mol. The topological polar surface area (TPSA) is 54.9 Å². The van der Waals surface area contributed by atoms with E-state index in [-0.39, 0.29) is 11.4 Å². The fourth-order valence-corrected chi connectivity index (χ4v) is 5.56. The zero-order valence-electron chi connectivity index (χ0n) is 17.9. The van der Waals surface area contributed by atoms with E-state index in [9.17, 15) is 4.79 Å². The summed E-state index contributed by atoms with van der Waals surface area (Å²) in [6.07, 6.45) is 6.10. The molecule has 0 unspecified atom stereocenters. The molecule has 1 aromatic heterocycles. The zero-order chi connectivity index (χ0) is 20.3. The average molecular weight is 402 g/mol. The molecule has 3 aliphatic rings. The maximum absolute atomic E-state index is 13.2. The van der Waals surface area contributed by atoms with Crippen LogP contribution in [0, 0.1) is 18.3 Å². The smallest absolute Gasteiger partial charge is 0.313 e. The first-order chi connectivity index (χ1) is 14.1. The molecule has 0 radical (unpaired) electrons. The molecule has 0 aromatic carbocycles. The van der Waals surface area contributed by atoms with Gasteiger partial charge in [-0.3, -0.25) is 19.6 Å². The lowest BCUT2D eigenvalue weighted by atomic mass is 9.61. The molecular weight excluding hydrogens is 366 g/mol. The SMILES string of the molecule is CCOC(=O)[C@@]12CC[C@@H](N3CCOCC3)C[C@H]1CCN(Cc1ccc(C)cn1)C2. The number of hydrogen-bond donors (Lipinski definition) is 0. The van der Waals surface area contributed by atoms with E-state index in [2.05, 4.69) is 33.8 Å². The maximum atomic E-state index is 13.2.